The van der Waals surface area contributed by atoms with Crippen molar-refractivity contribution in [1.82, 2.24) is 19.7 Å². The van der Waals surface area contributed by atoms with Crippen molar-refractivity contribution in [1.29, 1.82) is 5.26 Å². The molecule has 0 spiro atoms. The Balaban J connectivity index is 1.82. The summed E-state index contributed by atoms with van der Waals surface area (Å²) in [6.45, 7) is 1.92. The summed E-state index contributed by atoms with van der Waals surface area (Å²) < 4.78 is 1.77. The second-order valence-corrected chi connectivity index (χ2v) is 6.17. The van der Waals surface area contributed by atoms with E-state index in [0.29, 0.717) is 22.1 Å². The van der Waals surface area contributed by atoms with E-state index >= 15 is 0 Å². The largest absolute Gasteiger partial charge is 0.337 e. The summed E-state index contributed by atoms with van der Waals surface area (Å²) in [5.74, 6) is 0.511. The van der Waals surface area contributed by atoms with Crippen molar-refractivity contribution in [2.24, 2.45) is 0 Å². The van der Waals surface area contributed by atoms with Gasteiger partial charge in [-0.05, 0) is 37.3 Å². The number of rotatable bonds is 3. The predicted octanol–water partition coefficient (Wildman–Crippen LogP) is 4.77. The van der Waals surface area contributed by atoms with Gasteiger partial charge in [0, 0.05) is 5.56 Å². The van der Waals surface area contributed by atoms with Gasteiger partial charge in [-0.15, -0.1) is 0 Å². The lowest BCUT2D eigenvalue weighted by molar-refractivity contribution is 0.847. The van der Waals surface area contributed by atoms with Gasteiger partial charge in [-0.25, -0.2) is 9.67 Å². The number of aromatic nitrogens is 4. The Bertz CT molecular complexity index is 1130. The molecule has 0 saturated carbocycles. The Morgan fingerprint density at radius 3 is 2.62 bits per heavy atom. The van der Waals surface area contributed by atoms with E-state index in [2.05, 4.69) is 21.1 Å². The molecule has 0 radical (unpaired) electrons. The number of imidazole rings is 1. The minimum absolute atomic E-state index is 0.343. The highest BCUT2D eigenvalue weighted by molar-refractivity contribution is 6.31. The summed E-state index contributed by atoms with van der Waals surface area (Å²) in [6, 6.07) is 19.6. The second-order valence-electron chi connectivity index (χ2n) is 5.81. The van der Waals surface area contributed by atoms with Gasteiger partial charge in [0.1, 0.15) is 11.9 Å². The molecule has 0 fully saturated rings. The van der Waals surface area contributed by atoms with Crippen LogP contribution >= 0.6 is 11.6 Å². The van der Waals surface area contributed by atoms with E-state index in [1.807, 2.05) is 61.5 Å². The number of benzene rings is 2. The monoisotopic (exact) mass is 359 g/mol. The molecule has 0 unspecified atom stereocenters. The molecule has 2 aromatic carbocycles. The first kappa shape index (κ1) is 16.1. The summed E-state index contributed by atoms with van der Waals surface area (Å²) in [7, 11) is 0. The molecule has 0 aliphatic carbocycles. The highest BCUT2D eigenvalue weighted by Gasteiger charge is 2.15. The summed E-state index contributed by atoms with van der Waals surface area (Å²) in [6.07, 6.45) is 1.72. The molecule has 126 valence electrons. The fourth-order valence-electron chi connectivity index (χ4n) is 2.84. The van der Waals surface area contributed by atoms with E-state index < -0.39 is 0 Å². The predicted molar refractivity (Wildman–Crippen MR) is 103 cm³/mol. The van der Waals surface area contributed by atoms with E-state index in [1.54, 1.807) is 10.8 Å². The van der Waals surface area contributed by atoms with Crippen molar-refractivity contribution < 1.29 is 0 Å². The van der Waals surface area contributed by atoms with Crippen LogP contribution in [0.15, 0.2) is 54.6 Å². The van der Waals surface area contributed by atoms with E-state index in [9.17, 15) is 5.26 Å². The van der Waals surface area contributed by atoms with Crippen molar-refractivity contribution in [3.05, 3.63) is 76.8 Å². The van der Waals surface area contributed by atoms with Crippen molar-refractivity contribution in [3.8, 4) is 11.8 Å². The van der Waals surface area contributed by atoms with Crippen LogP contribution in [0, 0.1) is 18.3 Å². The van der Waals surface area contributed by atoms with Crippen LogP contribution in [0.2, 0.25) is 5.15 Å². The quantitative estimate of drug-likeness (QED) is 0.535. The zero-order valence-electron chi connectivity index (χ0n) is 13.9. The summed E-state index contributed by atoms with van der Waals surface area (Å²) >= 11 is 6.35. The average Bonchev–Trinajstić information content (AvgIpc) is 3.22. The van der Waals surface area contributed by atoms with Crippen LogP contribution in [0.3, 0.4) is 0 Å². The lowest BCUT2D eigenvalue weighted by Crippen LogP contribution is -1.98. The third kappa shape index (κ3) is 2.77. The van der Waals surface area contributed by atoms with E-state index in [4.69, 9.17) is 11.6 Å². The summed E-state index contributed by atoms with van der Waals surface area (Å²) in [4.78, 5) is 7.66. The number of nitrogens with zero attached hydrogens (tertiary/aromatic N) is 4. The third-order valence-corrected chi connectivity index (χ3v) is 4.45. The van der Waals surface area contributed by atoms with E-state index in [1.165, 1.54) is 0 Å². The molecule has 0 aliphatic rings. The molecule has 6 heteroatoms. The van der Waals surface area contributed by atoms with Crippen LogP contribution in [0.4, 0.5) is 0 Å². The van der Waals surface area contributed by atoms with Crippen LogP contribution in [0.1, 0.15) is 17.1 Å². The Morgan fingerprint density at radius 1 is 1.15 bits per heavy atom. The van der Waals surface area contributed by atoms with E-state index in [0.717, 1.165) is 22.4 Å². The molecule has 0 bridgehead atoms. The van der Waals surface area contributed by atoms with Gasteiger partial charge >= 0.3 is 0 Å². The van der Waals surface area contributed by atoms with Crippen LogP contribution < -0.4 is 0 Å². The molecule has 0 atom stereocenters. The maximum absolute atomic E-state index is 9.62. The SMILES string of the molecule is Cc1c(/C=C(\C#N)c2nc3ccccc3[nH]2)c(Cl)nn1-c1ccccc1. The standard InChI is InChI=1S/C20H14ClN5/c1-13-16(19(21)25-26(13)15-7-3-2-4-8-15)11-14(12-22)20-23-17-9-5-6-10-18(17)24-20/h2-11H,1H3,(H,23,24)/b14-11+. The lowest BCUT2D eigenvalue weighted by Gasteiger charge is -2.03. The van der Waals surface area contributed by atoms with Crippen molar-refractivity contribution in [2.75, 3.05) is 0 Å². The first-order chi connectivity index (χ1) is 12.7. The summed E-state index contributed by atoms with van der Waals surface area (Å²) in [5.41, 5.74) is 4.56. The lowest BCUT2D eigenvalue weighted by atomic mass is 10.1. The van der Waals surface area contributed by atoms with Crippen molar-refractivity contribution in [3.63, 3.8) is 0 Å². The molecule has 0 aliphatic heterocycles. The molecule has 5 nitrogen and oxygen atoms in total. The molecule has 0 saturated heterocycles. The molecular weight excluding hydrogens is 346 g/mol. The Morgan fingerprint density at radius 2 is 1.88 bits per heavy atom. The minimum Gasteiger partial charge on any atom is -0.337 e. The highest BCUT2D eigenvalue weighted by atomic mass is 35.5. The average molecular weight is 360 g/mol. The molecule has 2 heterocycles. The molecule has 26 heavy (non-hydrogen) atoms. The fraction of sp³-hybridized carbons (Fsp3) is 0.0500. The minimum atomic E-state index is 0.343. The van der Waals surface area contributed by atoms with E-state index in [-0.39, 0.29) is 0 Å². The maximum Gasteiger partial charge on any atom is 0.159 e. The summed E-state index contributed by atoms with van der Waals surface area (Å²) in [5, 5.41) is 14.4. The van der Waals surface area contributed by atoms with Crippen LogP contribution in [-0.4, -0.2) is 19.7 Å². The second kappa shape index (κ2) is 6.51. The first-order valence-electron chi connectivity index (χ1n) is 8.05. The molecule has 1 N–H and O–H groups in total. The molecule has 0 amide bonds. The number of hydrogen-bond donors (Lipinski definition) is 1. The Labute approximate surface area is 155 Å². The normalized spacial score (nSPS) is 11.7. The molecule has 4 rings (SSSR count). The molecule has 2 aromatic heterocycles. The molecule has 4 aromatic rings. The van der Waals surface area contributed by atoms with Gasteiger partial charge < -0.3 is 4.98 Å². The Hall–Kier alpha value is -3.36. The Kier molecular flexibility index (Phi) is 4.04. The number of H-pyrrole nitrogens is 1. The van der Waals surface area contributed by atoms with Crippen LogP contribution in [-0.2, 0) is 0 Å². The van der Waals surface area contributed by atoms with Gasteiger partial charge in [0.2, 0.25) is 0 Å². The van der Waals surface area contributed by atoms with Crippen LogP contribution in [0.5, 0.6) is 0 Å². The van der Waals surface area contributed by atoms with Gasteiger partial charge in [0.05, 0.1) is 28.0 Å². The van der Waals surface area contributed by atoms with Gasteiger partial charge in [0.15, 0.2) is 5.15 Å². The number of fused-ring (bicyclic) bond motifs is 1. The zero-order valence-corrected chi connectivity index (χ0v) is 14.7. The van der Waals surface area contributed by atoms with Crippen molar-refractivity contribution in [2.45, 2.75) is 6.92 Å². The van der Waals surface area contributed by atoms with Gasteiger partial charge in [-0.2, -0.15) is 10.4 Å². The van der Waals surface area contributed by atoms with Gasteiger partial charge in [-0.1, -0.05) is 41.9 Å². The maximum atomic E-state index is 9.62. The third-order valence-electron chi connectivity index (χ3n) is 4.17. The van der Waals surface area contributed by atoms with Gasteiger partial charge in [0.25, 0.3) is 0 Å². The van der Waals surface area contributed by atoms with Crippen LogP contribution in [0.25, 0.3) is 28.4 Å². The number of aromatic amines is 1. The number of nitriles is 1. The first-order valence-corrected chi connectivity index (χ1v) is 8.42. The fourth-order valence-corrected chi connectivity index (χ4v) is 3.11. The number of hydrogen-bond acceptors (Lipinski definition) is 3. The van der Waals surface area contributed by atoms with Gasteiger partial charge in [-0.3, -0.25) is 0 Å². The number of nitrogens with one attached hydrogen (secondary N) is 1. The smallest absolute Gasteiger partial charge is 0.159 e. The number of para-hydroxylation sites is 3. The highest BCUT2D eigenvalue weighted by Crippen LogP contribution is 2.27. The number of allylic oxidation sites excluding steroid dienone is 1. The molecular formula is C20H14ClN5. The van der Waals surface area contributed by atoms with Crippen molar-refractivity contribution >= 4 is 34.3 Å². The zero-order chi connectivity index (χ0) is 18.1. The number of halogens is 1. The topological polar surface area (TPSA) is 70.3 Å².